The van der Waals surface area contributed by atoms with Crippen molar-refractivity contribution < 1.29 is 18.0 Å². The average molecular weight is 389 g/mol. The number of aryl methyl sites for hydroxylation is 1. The van der Waals surface area contributed by atoms with E-state index in [0.29, 0.717) is 6.54 Å². The first-order chi connectivity index (χ1) is 12.8. The smallest absolute Gasteiger partial charge is 0.261 e. The van der Waals surface area contributed by atoms with Crippen LogP contribution in [0.5, 0.6) is 0 Å². The van der Waals surface area contributed by atoms with Crippen LogP contribution in [-0.2, 0) is 14.8 Å². The first-order valence-corrected chi connectivity index (χ1v) is 10.0. The summed E-state index contributed by atoms with van der Waals surface area (Å²) in [5, 5.41) is 5.17. The molecule has 0 unspecified atom stereocenters. The van der Waals surface area contributed by atoms with Gasteiger partial charge in [-0.25, -0.2) is 8.42 Å². The van der Waals surface area contributed by atoms with E-state index in [2.05, 4.69) is 15.4 Å². The third kappa shape index (κ3) is 6.10. The summed E-state index contributed by atoms with van der Waals surface area (Å²) >= 11 is 0. The highest BCUT2D eigenvalue weighted by Gasteiger charge is 2.15. The fraction of sp³-hybridized carbons (Fsp3) is 0.263. The fourth-order valence-corrected chi connectivity index (χ4v) is 3.29. The standard InChI is InChI=1S/C19H23N3O4S/c1-3-11-20-18(23)13-21-19(24)15-5-4-6-16(12-15)22-27(25,26)17-9-7-14(2)8-10-17/h4-10,12,22H,3,11,13H2,1-2H3,(H,20,23)(H,21,24). The van der Waals surface area contributed by atoms with Gasteiger partial charge in [0.2, 0.25) is 5.91 Å². The maximum absolute atomic E-state index is 12.4. The molecule has 2 amide bonds. The number of carbonyl (C=O) groups excluding carboxylic acids is 2. The summed E-state index contributed by atoms with van der Waals surface area (Å²) < 4.78 is 27.3. The highest BCUT2D eigenvalue weighted by atomic mass is 32.2. The molecule has 0 spiro atoms. The van der Waals surface area contributed by atoms with Crippen LogP contribution in [0, 0.1) is 6.92 Å². The highest BCUT2D eigenvalue weighted by molar-refractivity contribution is 7.92. The number of anilines is 1. The molecule has 0 atom stereocenters. The molecule has 144 valence electrons. The largest absolute Gasteiger partial charge is 0.355 e. The molecular weight excluding hydrogens is 366 g/mol. The molecule has 0 bridgehead atoms. The minimum Gasteiger partial charge on any atom is -0.355 e. The van der Waals surface area contributed by atoms with Gasteiger partial charge in [-0.1, -0.05) is 30.7 Å². The first-order valence-electron chi connectivity index (χ1n) is 8.56. The predicted molar refractivity (Wildman–Crippen MR) is 104 cm³/mol. The minimum absolute atomic E-state index is 0.135. The number of carbonyl (C=O) groups is 2. The van der Waals surface area contributed by atoms with E-state index in [1.165, 1.54) is 18.2 Å². The van der Waals surface area contributed by atoms with Crippen LogP contribution in [0.2, 0.25) is 0 Å². The summed E-state index contributed by atoms with van der Waals surface area (Å²) in [7, 11) is -3.75. The molecular formula is C19H23N3O4S. The number of benzene rings is 2. The van der Waals surface area contributed by atoms with Crippen molar-refractivity contribution in [3.63, 3.8) is 0 Å². The van der Waals surface area contributed by atoms with Crippen molar-refractivity contribution in [2.45, 2.75) is 25.2 Å². The Balaban J connectivity index is 2.05. The Bertz CT molecular complexity index is 909. The number of sulfonamides is 1. The Morgan fingerprint density at radius 3 is 2.37 bits per heavy atom. The van der Waals surface area contributed by atoms with E-state index in [-0.39, 0.29) is 28.6 Å². The first kappa shape index (κ1) is 20.4. The predicted octanol–water partition coefficient (Wildman–Crippen LogP) is 2.05. The molecule has 0 saturated carbocycles. The van der Waals surface area contributed by atoms with Gasteiger partial charge >= 0.3 is 0 Å². The van der Waals surface area contributed by atoms with Gasteiger partial charge in [-0.2, -0.15) is 0 Å². The van der Waals surface area contributed by atoms with Crippen LogP contribution < -0.4 is 15.4 Å². The number of hydrogen-bond donors (Lipinski definition) is 3. The molecule has 27 heavy (non-hydrogen) atoms. The molecule has 2 aromatic rings. The lowest BCUT2D eigenvalue weighted by Crippen LogP contribution is -2.37. The van der Waals surface area contributed by atoms with Gasteiger partial charge in [0.25, 0.3) is 15.9 Å². The molecule has 8 heteroatoms. The van der Waals surface area contributed by atoms with Gasteiger partial charge in [0.1, 0.15) is 0 Å². The van der Waals surface area contributed by atoms with E-state index < -0.39 is 15.9 Å². The molecule has 2 rings (SSSR count). The molecule has 0 aliphatic carbocycles. The molecule has 0 aromatic heterocycles. The fourth-order valence-electron chi connectivity index (χ4n) is 2.24. The quantitative estimate of drug-likeness (QED) is 0.643. The van der Waals surface area contributed by atoms with Gasteiger partial charge in [0, 0.05) is 17.8 Å². The summed E-state index contributed by atoms with van der Waals surface area (Å²) in [5.74, 6) is -0.737. The molecule has 0 saturated heterocycles. The van der Waals surface area contributed by atoms with Crippen molar-refractivity contribution in [3.05, 3.63) is 59.7 Å². The summed E-state index contributed by atoms with van der Waals surface area (Å²) in [6.45, 7) is 4.21. The van der Waals surface area contributed by atoms with Crippen LogP contribution in [0.1, 0.15) is 29.3 Å². The van der Waals surface area contributed by atoms with Crippen LogP contribution in [0.15, 0.2) is 53.4 Å². The third-order valence-corrected chi connectivity index (χ3v) is 5.09. The Morgan fingerprint density at radius 1 is 1.00 bits per heavy atom. The number of amides is 2. The maximum Gasteiger partial charge on any atom is 0.261 e. The lowest BCUT2D eigenvalue weighted by Gasteiger charge is -2.10. The normalized spacial score (nSPS) is 10.9. The van der Waals surface area contributed by atoms with Gasteiger partial charge in [0.05, 0.1) is 11.4 Å². The van der Waals surface area contributed by atoms with Crippen molar-refractivity contribution >= 4 is 27.5 Å². The Kier molecular flexibility index (Phi) is 6.95. The number of hydrogen-bond acceptors (Lipinski definition) is 4. The van der Waals surface area contributed by atoms with Crippen molar-refractivity contribution in [3.8, 4) is 0 Å². The summed E-state index contributed by atoms with van der Waals surface area (Å²) in [4.78, 5) is 23.9. The zero-order valence-corrected chi connectivity index (χ0v) is 16.1. The van der Waals surface area contributed by atoms with Crippen LogP contribution >= 0.6 is 0 Å². The molecule has 0 heterocycles. The number of nitrogens with one attached hydrogen (secondary N) is 3. The summed E-state index contributed by atoms with van der Waals surface area (Å²) in [5.41, 5.74) is 1.47. The average Bonchev–Trinajstić information content (AvgIpc) is 2.64. The van der Waals surface area contributed by atoms with E-state index in [4.69, 9.17) is 0 Å². The van der Waals surface area contributed by atoms with Crippen molar-refractivity contribution in [2.75, 3.05) is 17.8 Å². The second-order valence-corrected chi connectivity index (χ2v) is 7.71. The van der Waals surface area contributed by atoms with Gasteiger partial charge in [0.15, 0.2) is 0 Å². The topological polar surface area (TPSA) is 104 Å². The number of rotatable bonds is 8. The maximum atomic E-state index is 12.4. The van der Waals surface area contributed by atoms with Crippen molar-refractivity contribution in [1.82, 2.24) is 10.6 Å². The zero-order chi connectivity index (χ0) is 19.9. The van der Waals surface area contributed by atoms with Gasteiger partial charge in [-0.3, -0.25) is 14.3 Å². The monoisotopic (exact) mass is 389 g/mol. The van der Waals surface area contributed by atoms with Gasteiger partial charge in [-0.05, 0) is 43.7 Å². The van der Waals surface area contributed by atoms with Crippen LogP contribution in [0.3, 0.4) is 0 Å². The van der Waals surface area contributed by atoms with E-state index >= 15 is 0 Å². The summed E-state index contributed by atoms with van der Waals surface area (Å²) in [6.07, 6.45) is 0.808. The molecule has 0 aliphatic rings. The Labute approximate surface area is 159 Å². The van der Waals surface area contributed by atoms with Crippen LogP contribution in [0.4, 0.5) is 5.69 Å². The highest BCUT2D eigenvalue weighted by Crippen LogP contribution is 2.17. The van der Waals surface area contributed by atoms with Crippen LogP contribution in [-0.4, -0.2) is 33.3 Å². The van der Waals surface area contributed by atoms with E-state index in [1.807, 2.05) is 13.8 Å². The third-order valence-electron chi connectivity index (χ3n) is 3.69. The SMILES string of the molecule is CCCNC(=O)CNC(=O)c1cccc(NS(=O)(=O)c2ccc(C)cc2)c1. The van der Waals surface area contributed by atoms with Crippen molar-refractivity contribution in [2.24, 2.45) is 0 Å². The molecule has 7 nitrogen and oxygen atoms in total. The second-order valence-electron chi connectivity index (χ2n) is 6.03. The molecule has 2 aromatic carbocycles. The summed E-state index contributed by atoms with van der Waals surface area (Å²) in [6, 6.07) is 12.5. The molecule has 0 radical (unpaired) electrons. The minimum atomic E-state index is -3.75. The zero-order valence-electron chi connectivity index (χ0n) is 15.3. The Morgan fingerprint density at radius 2 is 1.70 bits per heavy atom. The molecule has 3 N–H and O–H groups in total. The van der Waals surface area contributed by atoms with Gasteiger partial charge in [-0.15, -0.1) is 0 Å². The second kappa shape index (κ2) is 9.18. The Hall–Kier alpha value is -2.87. The van der Waals surface area contributed by atoms with Gasteiger partial charge < -0.3 is 10.6 Å². The van der Waals surface area contributed by atoms with E-state index in [0.717, 1.165) is 12.0 Å². The lowest BCUT2D eigenvalue weighted by molar-refractivity contribution is -0.120. The van der Waals surface area contributed by atoms with E-state index in [1.54, 1.807) is 30.3 Å². The lowest BCUT2D eigenvalue weighted by atomic mass is 10.2. The van der Waals surface area contributed by atoms with E-state index in [9.17, 15) is 18.0 Å². The van der Waals surface area contributed by atoms with Crippen molar-refractivity contribution in [1.29, 1.82) is 0 Å². The van der Waals surface area contributed by atoms with Crippen LogP contribution in [0.25, 0.3) is 0 Å². The molecule has 0 fully saturated rings. The molecule has 0 aliphatic heterocycles.